The van der Waals surface area contributed by atoms with E-state index in [0.717, 1.165) is 10.0 Å². The number of aryl methyl sites for hydroxylation is 2. The molecular formula is C11H12BrN. The Hall–Kier alpha value is -0.810. The molecule has 1 aromatic carbocycles. The maximum absolute atomic E-state index is 8.82. The van der Waals surface area contributed by atoms with Gasteiger partial charge in [-0.25, -0.2) is 0 Å². The molecule has 0 N–H and O–H groups in total. The number of hydrogen-bond donors (Lipinski definition) is 0. The number of nitrogens with zero attached hydrogens (tertiary/aromatic N) is 1. The van der Waals surface area contributed by atoms with Crippen LogP contribution >= 0.6 is 15.9 Å². The van der Waals surface area contributed by atoms with Crippen LogP contribution in [-0.2, 0) is 0 Å². The van der Waals surface area contributed by atoms with Crippen LogP contribution in [0.2, 0.25) is 0 Å². The quantitative estimate of drug-likeness (QED) is 0.731. The molecule has 0 heterocycles. The lowest BCUT2D eigenvalue weighted by molar-refractivity contribution is 0.966. The van der Waals surface area contributed by atoms with E-state index in [1.807, 2.05) is 20.8 Å². The van der Waals surface area contributed by atoms with Gasteiger partial charge in [0, 0.05) is 4.47 Å². The second-order valence-corrected chi connectivity index (χ2v) is 4.13. The van der Waals surface area contributed by atoms with Crippen LogP contribution < -0.4 is 0 Å². The molecule has 0 aliphatic heterocycles. The Kier molecular flexibility index (Phi) is 3.11. The Morgan fingerprint density at radius 2 is 2.00 bits per heavy atom. The van der Waals surface area contributed by atoms with Gasteiger partial charge in [-0.15, -0.1) is 0 Å². The third kappa shape index (κ3) is 2.10. The van der Waals surface area contributed by atoms with Gasteiger partial charge in [-0.3, -0.25) is 0 Å². The summed E-state index contributed by atoms with van der Waals surface area (Å²) in [5.74, 6) is -0.0482. The number of hydrogen-bond acceptors (Lipinski definition) is 1. The average Bonchev–Trinajstić information content (AvgIpc) is 2.10. The van der Waals surface area contributed by atoms with Crippen molar-refractivity contribution >= 4 is 15.9 Å². The molecule has 0 amide bonds. The first kappa shape index (κ1) is 10.3. The van der Waals surface area contributed by atoms with Gasteiger partial charge in [0.25, 0.3) is 0 Å². The van der Waals surface area contributed by atoms with E-state index in [9.17, 15) is 0 Å². The fraction of sp³-hybridized carbons (Fsp3) is 0.364. The van der Waals surface area contributed by atoms with Crippen LogP contribution in [0.3, 0.4) is 0 Å². The first-order valence-corrected chi connectivity index (χ1v) is 5.01. The Labute approximate surface area is 87.5 Å². The minimum atomic E-state index is -0.0482. The molecule has 0 aliphatic rings. The van der Waals surface area contributed by atoms with Crippen molar-refractivity contribution in [3.8, 4) is 6.07 Å². The van der Waals surface area contributed by atoms with Crippen molar-refractivity contribution in [3.63, 3.8) is 0 Å². The maximum Gasteiger partial charge on any atom is 0.0701 e. The van der Waals surface area contributed by atoms with E-state index in [0.29, 0.717) is 0 Å². The molecule has 0 radical (unpaired) electrons. The molecule has 68 valence electrons. The van der Waals surface area contributed by atoms with Crippen molar-refractivity contribution in [3.05, 3.63) is 33.3 Å². The highest BCUT2D eigenvalue weighted by Gasteiger charge is 2.10. The lowest BCUT2D eigenvalue weighted by Gasteiger charge is -2.10. The summed E-state index contributed by atoms with van der Waals surface area (Å²) < 4.78 is 1.06. The van der Waals surface area contributed by atoms with Crippen molar-refractivity contribution < 1.29 is 0 Å². The highest BCUT2D eigenvalue weighted by atomic mass is 79.9. The summed E-state index contributed by atoms with van der Waals surface area (Å²) >= 11 is 3.50. The van der Waals surface area contributed by atoms with E-state index >= 15 is 0 Å². The molecule has 13 heavy (non-hydrogen) atoms. The zero-order valence-corrected chi connectivity index (χ0v) is 9.64. The lowest BCUT2D eigenvalue weighted by atomic mass is 9.98. The average molecular weight is 238 g/mol. The summed E-state index contributed by atoms with van der Waals surface area (Å²) in [5.41, 5.74) is 3.48. The van der Waals surface area contributed by atoms with E-state index < -0.39 is 0 Å². The van der Waals surface area contributed by atoms with Gasteiger partial charge in [0.05, 0.1) is 12.0 Å². The third-order valence-corrected chi connectivity index (χ3v) is 3.17. The number of benzene rings is 1. The van der Waals surface area contributed by atoms with E-state index in [2.05, 4.69) is 34.1 Å². The molecule has 0 fully saturated rings. The fourth-order valence-electron chi connectivity index (χ4n) is 1.37. The Morgan fingerprint density at radius 3 is 2.54 bits per heavy atom. The first-order chi connectivity index (χ1) is 6.06. The van der Waals surface area contributed by atoms with Gasteiger partial charge < -0.3 is 0 Å². The topological polar surface area (TPSA) is 23.8 Å². The minimum absolute atomic E-state index is 0.0482. The predicted molar refractivity (Wildman–Crippen MR) is 57.6 cm³/mol. The van der Waals surface area contributed by atoms with E-state index in [-0.39, 0.29) is 5.92 Å². The summed E-state index contributed by atoms with van der Waals surface area (Å²) in [7, 11) is 0. The highest BCUT2D eigenvalue weighted by molar-refractivity contribution is 9.10. The SMILES string of the molecule is Cc1cc(C)c(Br)c(C(C)C#N)c1. The molecular weight excluding hydrogens is 226 g/mol. The molecule has 0 saturated carbocycles. The van der Waals surface area contributed by atoms with Crippen LogP contribution in [0.5, 0.6) is 0 Å². The van der Waals surface area contributed by atoms with E-state index in [1.165, 1.54) is 11.1 Å². The molecule has 0 bridgehead atoms. The molecule has 1 unspecified atom stereocenters. The summed E-state index contributed by atoms with van der Waals surface area (Å²) in [6, 6.07) is 6.42. The van der Waals surface area contributed by atoms with E-state index in [1.54, 1.807) is 0 Å². The van der Waals surface area contributed by atoms with Crippen LogP contribution in [0.4, 0.5) is 0 Å². The summed E-state index contributed by atoms with van der Waals surface area (Å²) in [6.45, 7) is 6.01. The molecule has 1 nitrogen and oxygen atoms in total. The minimum Gasteiger partial charge on any atom is -0.198 e. The lowest BCUT2D eigenvalue weighted by Crippen LogP contribution is -1.94. The molecule has 1 atom stereocenters. The third-order valence-electron chi connectivity index (χ3n) is 2.09. The summed E-state index contributed by atoms with van der Waals surface area (Å²) in [4.78, 5) is 0. The standard InChI is InChI=1S/C11H12BrN/c1-7-4-8(2)11(12)10(5-7)9(3)6-13/h4-5,9H,1-3H3. The van der Waals surface area contributed by atoms with Gasteiger partial charge in [0.15, 0.2) is 0 Å². The summed E-state index contributed by atoms with van der Waals surface area (Å²) in [6.07, 6.45) is 0. The Balaban J connectivity index is 3.30. The predicted octanol–water partition coefficient (Wildman–Crippen LogP) is 3.69. The van der Waals surface area contributed by atoms with Crippen molar-refractivity contribution in [2.45, 2.75) is 26.7 Å². The van der Waals surface area contributed by atoms with Gasteiger partial charge >= 0.3 is 0 Å². The van der Waals surface area contributed by atoms with Crippen LogP contribution in [0.15, 0.2) is 16.6 Å². The van der Waals surface area contributed by atoms with Crippen molar-refractivity contribution in [1.82, 2.24) is 0 Å². The second-order valence-electron chi connectivity index (χ2n) is 3.34. The molecule has 0 aromatic heterocycles. The molecule has 0 spiro atoms. The monoisotopic (exact) mass is 237 g/mol. The largest absolute Gasteiger partial charge is 0.198 e. The van der Waals surface area contributed by atoms with E-state index in [4.69, 9.17) is 5.26 Å². The number of halogens is 1. The number of rotatable bonds is 1. The fourth-order valence-corrected chi connectivity index (χ4v) is 1.94. The Morgan fingerprint density at radius 1 is 1.38 bits per heavy atom. The normalized spacial score (nSPS) is 12.2. The van der Waals surface area contributed by atoms with Crippen LogP contribution in [0, 0.1) is 25.2 Å². The van der Waals surface area contributed by atoms with Crippen molar-refractivity contribution in [2.24, 2.45) is 0 Å². The van der Waals surface area contributed by atoms with Gasteiger partial charge in [-0.05, 0) is 31.9 Å². The van der Waals surface area contributed by atoms with Crippen LogP contribution in [0.1, 0.15) is 29.5 Å². The maximum atomic E-state index is 8.82. The van der Waals surface area contributed by atoms with Gasteiger partial charge in [-0.1, -0.05) is 33.6 Å². The second kappa shape index (κ2) is 3.93. The van der Waals surface area contributed by atoms with Crippen molar-refractivity contribution in [1.29, 1.82) is 5.26 Å². The van der Waals surface area contributed by atoms with Gasteiger partial charge in [0.1, 0.15) is 0 Å². The molecule has 2 heteroatoms. The molecule has 1 aromatic rings. The number of nitriles is 1. The van der Waals surface area contributed by atoms with Crippen LogP contribution in [0.25, 0.3) is 0 Å². The molecule has 0 aliphatic carbocycles. The van der Waals surface area contributed by atoms with Crippen molar-refractivity contribution in [2.75, 3.05) is 0 Å². The zero-order chi connectivity index (χ0) is 10.0. The first-order valence-electron chi connectivity index (χ1n) is 4.22. The van der Waals surface area contributed by atoms with Gasteiger partial charge in [-0.2, -0.15) is 5.26 Å². The molecule has 1 rings (SSSR count). The summed E-state index contributed by atoms with van der Waals surface area (Å²) in [5, 5.41) is 8.82. The highest BCUT2D eigenvalue weighted by Crippen LogP contribution is 2.28. The smallest absolute Gasteiger partial charge is 0.0701 e. The Bertz CT molecular complexity index is 363. The molecule has 0 saturated heterocycles. The zero-order valence-electron chi connectivity index (χ0n) is 8.06. The van der Waals surface area contributed by atoms with Gasteiger partial charge in [0.2, 0.25) is 0 Å². The van der Waals surface area contributed by atoms with Crippen LogP contribution in [-0.4, -0.2) is 0 Å².